The number of carbonyl (C=O) groups excluding carboxylic acids is 2. The number of carboxylic acids is 1. The molecule has 1 unspecified atom stereocenters. The van der Waals surface area contributed by atoms with E-state index in [0.717, 1.165) is 24.0 Å². The van der Waals surface area contributed by atoms with E-state index in [9.17, 15) is 19.5 Å². The first kappa shape index (κ1) is 23.4. The number of fused-ring (bicyclic) bond motifs is 3. The number of alkyl carbamates (subject to hydrolysis) is 1. The maximum Gasteiger partial charge on any atom is 0.407 e. The summed E-state index contributed by atoms with van der Waals surface area (Å²) in [7, 11) is 0. The number of amides is 2. The topological polar surface area (TPSA) is 95.9 Å². The molecule has 7 nitrogen and oxygen atoms in total. The number of ether oxygens (including phenoxy) is 1. The monoisotopic (exact) mass is 476 g/mol. The maximum absolute atomic E-state index is 13.3. The van der Waals surface area contributed by atoms with Gasteiger partial charge < -0.3 is 20.1 Å². The summed E-state index contributed by atoms with van der Waals surface area (Å²) < 4.78 is 5.71. The Morgan fingerprint density at radius 3 is 2.29 bits per heavy atom. The molecule has 2 fully saturated rings. The van der Waals surface area contributed by atoms with Crippen LogP contribution in [0.2, 0.25) is 0 Å². The third-order valence-corrected chi connectivity index (χ3v) is 8.03. The molecule has 2 N–H and O–H groups in total. The Kier molecular flexibility index (Phi) is 6.26. The van der Waals surface area contributed by atoms with Crippen molar-refractivity contribution in [2.45, 2.75) is 51.0 Å². The number of hydrogen-bond donors (Lipinski definition) is 2. The summed E-state index contributed by atoms with van der Waals surface area (Å²) in [5, 5.41) is 12.5. The second-order valence-electron chi connectivity index (χ2n) is 10.3. The highest BCUT2D eigenvalue weighted by molar-refractivity contribution is 5.83. The van der Waals surface area contributed by atoms with Crippen molar-refractivity contribution in [2.24, 2.45) is 11.3 Å². The molecule has 1 saturated heterocycles. The minimum atomic E-state index is -0.903. The number of likely N-dealkylation sites (tertiary alicyclic amines) is 1. The molecule has 2 aliphatic carbocycles. The van der Waals surface area contributed by atoms with E-state index in [0.29, 0.717) is 25.8 Å². The SMILES string of the molecule is CC1(C(=O)O)CCN(C(=O)[C@H]2CCCC[C@H]2NC(=O)OCC2c3ccccc3-c3ccccc32)C1. The Balaban J connectivity index is 1.23. The van der Waals surface area contributed by atoms with Crippen molar-refractivity contribution in [3.05, 3.63) is 59.7 Å². The summed E-state index contributed by atoms with van der Waals surface area (Å²) >= 11 is 0. The van der Waals surface area contributed by atoms with Crippen LogP contribution in [-0.4, -0.2) is 53.7 Å². The lowest BCUT2D eigenvalue weighted by Gasteiger charge is -2.34. The largest absolute Gasteiger partial charge is 0.481 e. The van der Waals surface area contributed by atoms with Crippen LogP contribution in [0.25, 0.3) is 11.1 Å². The molecular formula is C28H32N2O5. The zero-order chi connectivity index (χ0) is 24.6. The van der Waals surface area contributed by atoms with Crippen LogP contribution in [0.5, 0.6) is 0 Å². The second-order valence-corrected chi connectivity index (χ2v) is 10.3. The zero-order valence-corrected chi connectivity index (χ0v) is 20.0. The highest BCUT2D eigenvalue weighted by atomic mass is 16.5. The normalized spacial score (nSPS) is 25.6. The first-order valence-corrected chi connectivity index (χ1v) is 12.5. The molecule has 1 aliphatic heterocycles. The molecular weight excluding hydrogens is 444 g/mol. The van der Waals surface area contributed by atoms with E-state index in [2.05, 4.69) is 29.6 Å². The van der Waals surface area contributed by atoms with E-state index in [-0.39, 0.29) is 36.9 Å². The van der Waals surface area contributed by atoms with Crippen molar-refractivity contribution >= 4 is 18.0 Å². The van der Waals surface area contributed by atoms with Gasteiger partial charge in [-0.25, -0.2) is 4.79 Å². The number of rotatable bonds is 5. The number of benzene rings is 2. The molecule has 2 amide bonds. The number of carbonyl (C=O) groups is 3. The molecule has 35 heavy (non-hydrogen) atoms. The third-order valence-electron chi connectivity index (χ3n) is 8.03. The van der Waals surface area contributed by atoms with Crippen LogP contribution in [0.4, 0.5) is 4.79 Å². The molecule has 7 heteroatoms. The average molecular weight is 477 g/mol. The van der Waals surface area contributed by atoms with Gasteiger partial charge in [0.25, 0.3) is 0 Å². The number of hydrogen-bond acceptors (Lipinski definition) is 4. The van der Waals surface area contributed by atoms with Gasteiger partial charge in [0.1, 0.15) is 6.61 Å². The van der Waals surface area contributed by atoms with Crippen LogP contribution in [0.3, 0.4) is 0 Å². The van der Waals surface area contributed by atoms with Gasteiger partial charge in [0, 0.05) is 25.0 Å². The fourth-order valence-corrected chi connectivity index (χ4v) is 5.95. The van der Waals surface area contributed by atoms with E-state index in [4.69, 9.17) is 4.74 Å². The van der Waals surface area contributed by atoms with Gasteiger partial charge in [-0.05, 0) is 48.4 Å². The van der Waals surface area contributed by atoms with Crippen molar-refractivity contribution in [1.29, 1.82) is 0 Å². The van der Waals surface area contributed by atoms with Gasteiger partial charge in [-0.3, -0.25) is 9.59 Å². The fraction of sp³-hybridized carbons (Fsp3) is 0.464. The smallest absolute Gasteiger partial charge is 0.407 e. The van der Waals surface area contributed by atoms with Crippen LogP contribution in [-0.2, 0) is 14.3 Å². The zero-order valence-electron chi connectivity index (χ0n) is 20.0. The lowest BCUT2D eigenvalue weighted by atomic mass is 9.83. The van der Waals surface area contributed by atoms with Crippen LogP contribution in [0, 0.1) is 11.3 Å². The van der Waals surface area contributed by atoms with E-state index in [1.54, 1.807) is 11.8 Å². The van der Waals surface area contributed by atoms with Crippen molar-refractivity contribution in [1.82, 2.24) is 10.2 Å². The number of aliphatic carboxylic acids is 1. The average Bonchev–Trinajstić information content (AvgIpc) is 3.42. The van der Waals surface area contributed by atoms with Crippen LogP contribution in [0.15, 0.2) is 48.5 Å². The predicted octanol–water partition coefficient (Wildman–Crippen LogP) is 4.41. The highest BCUT2D eigenvalue weighted by Gasteiger charge is 2.45. The van der Waals surface area contributed by atoms with Crippen LogP contribution < -0.4 is 5.32 Å². The molecule has 3 aliphatic rings. The van der Waals surface area contributed by atoms with Gasteiger partial charge in [-0.1, -0.05) is 61.4 Å². The molecule has 0 spiro atoms. The first-order valence-electron chi connectivity index (χ1n) is 12.5. The lowest BCUT2D eigenvalue weighted by Crippen LogP contribution is -2.49. The maximum atomic E-state index is 13.3. The minimum Gasteiger partial charge on any atom is -0.481 e. The summed E-state index contributed by atoms with van der Waals surface area (Å²) in [5.74, 6) is -1.29. The number of nitrogens with one attached hydrogen (secondary N) is 1. The molecule has 2 aromatic rings. The summed E-state index contributed by atoms with van der Waals surface area (Å²) in [6, 6.07) is 16.1. The summed E-state index contributed by atoms with van der Waals surface area (Å²) in [6.07, 6.45) is 3.20. The highest BCUT2D eigenvalue weighted by Crippen LogP contribution is 2.44. The van der Waals surface area contributed by atoms with Gasteiger partial charge in [0.05, 0.1) is 11.3 Å². The summed E-state index contributed by atoms with van der Waals surface area (Å²) in [6.45, 7) is 2.58. The van der Waals surface area contributed by atoms with Gasteiger partial charge in [-0.2, -0.15) is 0 Å². The molecule has 5 rings (SSSR count). The van der Waals surface area contributed by atoms with Crippen LogP contribution in [0.1, 0.15) is 56.1 Å². The van der Waals surface area contributed by atoms with E-state index in [1.807, 2.05) is 24.3 Å². The van der Waals surface area contributed by atoms with Crippen molar-refractivity contribution in [2.75, 3.05) is 19.7 Å². The third kappa shape index (κ3) is 4.40. The molecule has 184 valence electrons. The van der Waals surface area contributed by atoms with Gasteiger partial charge >= 0.3 is 12.1 Å². The molecule has 0 bridgehead atoms. The number of nitrogens with zero attached hydrogens (tertiary/aromatic N) is 1. The quantitative estimate of drug-likeness (QED) is 0.667. The minimum absolute atomic E-state index is 0.0183. The lowest BCUT2D eigenvalue weighted by molar-refractivity contribution is -0.147. The van der Waals surface area contributed by atoms with Crippen molar-refractivity contribution in [3.63, 3.8) is 0 Å². The summed E-state index contributed by atoms with van der Waals surface area (Å²) in [4.78, 5) is 39.4. The standard InChI is InChI=1S/C28H32N2O5/c1-28(26(32)33)14-15-30(17-28)25(31)22-12-6-7-13-24(22)29-27(34)35-16-23-20-10-4-2-8-18(20)19-9-3-5-11-21(19)23/h2-5,8-11,22-24H,6-7,12-17H2,1H3,(H,29,34)(H,32,33)/t22-,24+,28?/m0/s1. The van der Waals surface area contributed by atoms with Gasteiger partial charge in [-0.15, -0.1) is 0 Å². The van der Waals surface area contributed by atoms with Crippen molar-refractivity contribution < 1.29 is 24.2 Å². The Hall–Kier alpha value is -3.35. The predicted molar refractivity (Wildman–Crippen MR) is 131 cm³/mol. The molecule has 0 aromatic heterocycles. The Morgan fingerprint density at radius 1 is 1.03 bits per heavy atom. The molecule has 0 radical (unpaired) electrons. The Bertz CT molecular complexity index is 1100. The second kappa shape index (κ2) is 9.36. The number of carboxylic acid groups (broad SMARTS) is 1. The van der Waals surface area contributed by atoms with E-state index in [1.165, 1.54) is 11.1 Å². The summed E-state index contributed by atoms with van der Waals surface area (Å²) in [5.41, 5.74) is 3.76. The van der Waals surface area contributed by atoms with Gasteiger partial charge in [0.15, 0.2) is 0 Å². The van der Waals surface area contributed by atoms with Gasteiger partial charge in [0.2, 0.25) is 5.91 Å². The molecule has 3 atom stereocenters. The van der Waals surface area contributed by atoms with E-state index < -0.39 is 17.5 Å². The molecule has 2 aromatic carbocycles. The fourth-order valence-electron chi connectivity index (χ4n) is 5.95. The Labute approximate surface area is 205 Å². The first-order chi connectivity index (χ1) is 16.9. The molecule has 1 heterocycles. The van der Waals surface area contributed by atoms with Crippen molar-refractivity contribution in [3.8, 4) is 11.1 Å². The van der Waals surface area contributed by atoms with E-state index >= 15 is 0 Å². The van der Waals surface area contributed by atoms with Crippen LogP contribution >= 0.6 is 0 Å². The Morgan fingerprint density at radius 2 is 1.66 bits per heavy atom. The molecule has 1 saturated carbocycles.